The molecule has 13 heteroatoms. The van der Waals surface area contributed by atoms with Crippen molar-refractivity contribution in [2.24, 2.45) is 0 Å². The molecule has 1 fully saturated rings. The smallest absolute Gasteiger partial charge is 0.335 e. The minimum absolute atomic E-state index is 0.221. The van der Waals surface area contributed by atoms with Crippen molar-refractivity contribution in [1.82, 2.24) is 5.16 Å². The SMILES string of the molecule is Cc1cc(N([C@@H]2OC(C(=O)O)[C@H](O)[C@H](O)[C@@H]2O)S(=O)(=O)c2ccc(N)cc2)no1. The summed E-state index contributed by atoms with van der Waals surface area (Å²) in [4.78, 5) is 11.1. The van der Waals surface area contributed by atoms with E-state index >= 15 is 0 Å². The van der Waals surface area contributed by atoms with Gasteiger partial charge in [-0.2, -0.15) is 0 Å². The maximum atomic E-state index is 13.3. The number of ether oxygens (including phenoxy) is 1. The zero-order valence-electron chi connectivity index (χ0n) is 15.0. The van der Waals surface area contributed by atoms with Gasteiger partial charge in [0.2, 0.25) is 0 Å². The number of carboxylic acids is 1. The lowest BCUT2D eigenvalue weighted by Gasteiger charge is -2.42. The minimum Gasteiger partial charge on any atom is -0.479 e. The molecule has 29 heavy (non-hydrogen) atoms. The lowest BCUT2D eigenvalue weighted by Crippen LogP contribution is -2.65. The van der Waals surface area contributed by atoms with Gasteiger partial charge in [0.15, 0.2) is 18.1 Å². The third-order valence-corrected chi connectivity index (χ3v) is 6.12. The molecule has 1 aromatic heterocycles. The number of sulfonamides is 1. The Balaban J connectivity index is 2.13. The summed E-state index contributed by atoms with van der Waals surface area (Å²) in [5, 5.41) is 43.2. The molecule has 0 radical (unpaired) electrons. The molecule has 1 unspecified atom stereocenters. The fourth-order valence-electron chi connectivity index (χ4n) is 2.86. The summed E-state index contributed by atoms with van der Waals surface area (Å²) >= 11 is 0. The molecule has 2 heterocycles. The number of rotatable bonds is 5. The van der Waals surface area contributed by atoms with E-state index in [1.807, 2.05) is 0 Å². The van der Waals surface area contributed by atoms with Gasteiger partial charge in [-0.3, -0.25) is 0 Å². The first-order valence-corrected chi connectivity index (χ1v) is 9.74. The maximum Gasteiger partial charge on any atom is 0.335 e. The maximum absolute atomic E-state index is 13.3. The first-order valence-electron chi connectivity index (χ1n) is 8.30. The van der Waals surface area contributed by atoms with Gasteiger partial charge in [0.25, 0.3) is 10.0 Å². The predicted molar refractivity (Wildman–Crippen MR) is 96.1 cm³/mol. The number of hydrogen-bond acceptors (Lipinski definition) is 10. The van der Waals surface area contributed by atoms with E-state index in [1.165, 1.54) is 37.3 Å². The largest absolute Gasteiger partial charge is 0.479 e. The van der Waals surface area contributed by atoms with Gasteiger partial charge >= 0.3 is 5.97 Å². The number of benzene rings is 1. The molecular formula is C16H19N3O9S. The molecule has 1 aliphatic rings. The van der Waals surface area contributed by atoms with E-state index in [0.717, 1.165) is 0 Å². The van der Waals surface area contributed by atoms with Crippen LogP contribution < -0.4 is 10.0 Å². The molecule has 1 aliphatic heterocycles. The van der Waals surface area contributed by atoms with Crippen LogP contribution in [0.5, 0.6) is 0 Å². The summed E-state index contributed by atoms with van der Waals surface area (Å²) in [6.07, 6.45) is -9.93. The van der Waals surface area contributed by atoms with Crippen LogP contribution in [-0.4, -0.2) is 70.6 Å². The quantitative estimate of drug-likeness (QED) is 0.352. The first kappa shape index (κ1) is 21.0. The fourth-order valence-corrected chi connectivity index (χ4v) is 4.35. The van der Waals surface area contributed by atoms with Crippen LogP contribution in [0.4, 0.5) is 11.5 Å². The standard InChI is InChI=1S/C16H19N3O9S/c1-7-6-10(18-28-7)19(29(25,26)9-4-2-8(17)3-5-9)15-13(22)11(20)12(21)14(27-15)16(23)24/h2-6,11-15,20-22H,17H2,1H3,(H,23,24)/t11-,12+,13-,14?,15+/m0/s1. The van der Waals surface area contributed by atoms with Crippen molar-refractivity contribution in [3.63, 3.8) is 0 Å². The van der Waals surface area contributed by atoms with Crippen molar-refractivity contribution in [3.05, 3.63) is 36.1 Å². The second kappa shape index (κ2) is 7.61. The van der Waals surface area contributed by atoms with Crippen molar-refractivity contribution in [2.45, 2.75) is 42.5 Å². The van der Waals surface area contributed by atoms with Gasteiger partial charge in [-0.15, -0.1) is 0 Å². The molecule has 0 aliphatic carbocycles. The zero-order valence-corrected chi connectivity index (χ0v) is 15.8. The van der Waals surface area contributed by atoms with Crippen LogP contribution in [0.1, 0.15) is 5.76 Å². The van der Waals surface area contributed by atoms with E-state index in [-0.39, 0.29) is 16.5 Å². The van der Waals surface area contributed by atoms with Crippen LogP contribution in [0, 0.1) is 6.92 Å². The number of anilines is 2. The second-order valence-electron chi connectivity index (χ2n) is 6.42. The van der Waals surface area contributed by atoms with E-state index in [9.17, 15) is 33.6 Å². The number of aliphatic carboxylic acids is 1. The van der Waals surface area contributed by atoms with E-state index in [0.29, 0.717) is 9.99 Å². The number of nitrogen functional groups attached to an aromatic ring is 1. The second-order valence-corrected chi connectivity index (χ2v) is 8.24. The Bertz CT molecular complexity index is 991. The number of nitrogens with zero attached hydrogens (tertiary/aromatic N) is 2. The average molecular weight is 429 g/mol. The van der Waals surface area contributed by atoms with Gasteiger partial charge in [-0.05, 0) is 31.2 Å². The fraction of sp³-hybridized carbons (Fsp3) is 0.375. The zero-order chi connectivity index (χ0) is 21.5. The third-order valence-electron chi connectivity index (χ3n) is 4.34. The van der Waals surface area contributed by atoms with Gasteiger partial charge in [0.1, 0.15) is 24.1 Å². The molecule has 0 spiro atoms. The predicted octanol–water partition coefficient (Wildman–Crippen LogP) is -1.35. The van der Waals surface area contributed by atoms with Gasteiger partial charge in [-0.1, -0.05) is 5.16 Å². The molecule has 0 saturated carbocycles. The Morgan fingerprint density at radius 3 is 2.28 bits per heavy atom. The van der Waals surface area contributed by atoms with Crippen molar-refractivity contribution < 1.29 is 42.9 Å². The van der Waals surface area contributed by atoms with Crippen LogP contribution in [0.25, 0.3) is 0 Å². The van der Waals surface area contributed by atoms with Crippen LogP contribution in [0.3, 0.4) is 0 Å². The van der Waals surface area contributed by atoms with Gasteiger partial charge in [-0.25, -0.2) is 17.5 Å². The van der Waals surface area contributed by atoms with Crippen molar-refractivity contribution >= 4 is 27.5 Å². The molecule has 1 aromatic carbocycles. The topological polar surface area (TPSA) is 197 Å². The number of nitrogens with two attached hydrogens (primary N) is 1. The lowest BCUT2D eigenvalue weighted by atomic mass is 9.98. The lowest BCUT2D eigenvalue weighted by molar-refractivity contribution is -0.224. The molecule has 3 rings (SSSR count). The summed E-state index contributed by atoms with van der Waals surface area (Å²) in [5.41, 5.74) is 5.88. The summed E-state index contributed by atoms with van der Waals surface area (Å²) in [7, 11) is -4.50. The van der Waals surface area contributed by atoms with E-state index in [1.54, 1.807) is 0 Å². The van der Waals surface area contributed by atoms with Crippen LogP contribution in [-0.2, 0) is 19.6 Å². The van der Waals surface area contributed by atoms with Crippen molar-refractivity contribution in [3.8, 4) is 0 Å². The van der Waals surface area contributed by atoms with Crippen molar-refractivity contribution in [2.75, 3.05) is 10.0 Å². The number of carbonyl (C=O) groups is 1. The molecule has 0 amide bonds. The highest BCUT2D eigenvalue weighted by atomic mass is 32.2. The highest BCUT2D eigenvalue weighted by molar-refractivity contribution is 7.92. The molecule has 12 nitrogen and oxygen atoms in total. The Kier molecular flexibility index (Phi) is 5.51. The minimum atomic E-state index is -4.50. The summed E-state index contributed by atoms with van der Waals surface area (Å²) < 4.78 is 37.1. The van der Waals surface area contributed by atoms with Crippen LogP contribution in [0.2, 0.25) is 0 Å². The summed E-state index contributed by atoms with van der Waals surface area (Å²) in [5.74, 6) is -1.76. The van der Waals surface area contributed by atoms with Crippen molar-refractivity contribution in [1.29, 1.82) is 0 Å². The number of aliphatic hydroxyl groups is 3. The molecule has 1 saturated heterocycles. The highest BCUT2D eigenvalue weighted by Crippen LogP contribution is 2.32. The normalized spacial score (nSPS) is 27.5. The summed E-state index contributed by atoms with van der Waals surface area (Å²) in [6, 6.07) is 6.27. The van der Waals surface area contributed by atoms with Crippen LogP contribution >= 0.6 is 0 Å². The van der Waals surface area contributed by atoms with Crippen LogP contribution in [0.15, 0.2) is 39.8 Å². The Hall–Kier alpha value is -2.71. The van der Waals surface area contributed by atoms with Gasteiger partial charge in [0.05, 0.1) is 4.90 Å². The summed E-state index contributed by atoms with van der Waals surface area (Å²) in [6.45, 7) is 1.49. The number of aromatic nitrogens is 1. The molecule has 0 bridgehead atoms. The molecular weight excluding hydrogens is 410 g/mol. The Morgan fingerprint density at radius 2 is 1.76 bits per heavy atom. The van der Waals surface area contributed by atoms with Gasteiger partial charge in [0, 0.05) is 11.8 Å². The monoisotopic (exact) mass is 429 g/mol. The van der Waals surface area contributed by atoms with E-state index in [2.05, 4.69) is 5.16 Å². The number of carboxylic acid groups (broad SMARTS) is 1. The molecule has 5 atom stereocenters. The molecule has 2 aromatic rings. The van der Waals surface area contributed by atoms with Gasteiger partial charge < -0.3 is 35.4 Å². The Labute approximate surface area is 164 Å². The first-order chi connectivity index (χ1) is 13.5. The Morgan fingerprint density at radius 1 is 1.14 bits per heavy atom. The number of aliphatic hydroxyl groups excluding tert-OH is 3. The molecule has 6 N–H and O–H groups in total. The third kappa shape index (κ3) is 3.77. The number of hydrogen-bond donors (Lipinski definition) is 5. The molecule has 158 valence electrons. The van der Waals surface area contributed by atoms with E-state index in [4.69, 9.17) is 15.0 Å². The highest BCUT2D eigenvalue weighted by Gasteiger charge is 2.52. The number of aryl methyl sites for hydroxylation is 1. The average Bonchev–Trinajstić information content (AvgIpc) is 3.07. The van der Waals surface area contributed by atoms with E-state index < -0.39 is 46.6 Å².